The number of amides is 1. The smallest absolute Gasteiger partial charge is 0.412 e. The Bertz CT molecular complexity index is 939. The maximum Gasteiger partial charge on any atom is 0.412 e. The lowest BCUT2D eigenvalue weighted by Crippen LogP contribution is -2.46. The van der Waals surface area contributed by atoms with Crippen LogP contribution in [0.1, 0.15) is 12.8 Å². The molecule has 0 bridgehead atoms. The highest BCUT2D eigenvalue weighted by Gasteiger charge is 2.20. The molecule has 1 N–H and O–H groups in total. The minimum absolute atomic E-state index is 0. The molecule has 2 heterocycles. The molecule has 2 aromatic carbocycles. The third-order valence-electron chi connectivity index (χ3n) is 5.55. The van der Waals surface area contributed by atoms with Crippen LogP contribution in [0.5, 0.6) is 17.2 Å². The zero-order valence-corrected chi connectivity index (χ0v) is 20.6. The number of anilines is 1. The Morgan fingerprint density at radius 3 is 2.58 bits per heavy atom. The van der Waals surface area contributed by atoms with Gasteiger partial charge in [0.25, 0.3) is 0 Å². The molecule has 0 saturated carbocycles. The first-order chi connectivity index (χ1) is 15.6. The summed E-state index contributed by atoms with van der Waals surface area (Å²) in [5.41, 5.74) is 0.998. The van der Waals surface area contributed by atoms with Gasteiger partial charge in [0.2, 0.25) is 5.75 Å². The second-order valence-electron chi connectivity index (χ2n) is 7.71. The summed E-state index contributed by atoms with van der Waals surface area (Å²) in [6, 6.07) is 11.0. The number of fused-ring (bicyclic) bond motifs is 1. The number of para-hydroxylation sites is 1. The fraction of sp³-hybridized carbons (Fsp3) is 0.435. The standard InChI is InChI=1S/C23H27Cl2N3O4.ClH/c24-17-5-3-6-18(21(17)25)28-13-11-27(12-14-28)10-2-1-9-26-23(29)32-20-8-4-7-19-22(20)31-16-15-30-19;/h3-8H,1-2,9-16H2,(H,26,29);1H. The number of nitrogens with zero attached hydrogens (tertiary/aromatic N) is 2. The molecule has 0 aromatic heterocycles. The van der Waals surface area contributed by atoms with Gasteiger partial charge in [0.1, 0.15) is 13.2 Å². The predicted molar refractivity (Wildman–Crippen MR) is 133 cm³/mol. The number of hydrogen-bond acceptors (Lipinski definition) is 6. The van der Waals surface area contributed by atoms with E-state index in [2.05, 4.69) is 15.1 Å². The Kier molecular flexibility index (Phi) is 9.62. The summed E-state index contributed by atoms with van der Waals surface area (Å²) in [6.45, 7) is 6.25. The Morgan fingerprint density at radius 1 is 1.00 bits per heavy atom. The highest BCUT2D eigenvalue weighted by atomic mass is 35.5. The van der Waals surface area contributed by atoms with Crippen LogP contribution in [-0.4, -0.2) is 63.5 Å². The fourth-order valence-electron chi connectivity index (χ4n) is 3.86. The second-order valence-corrected chi connectivity index (χ2v) is 8.49. The lowest BCUT2D eigenvalue weighted by Gasteiger charge is -2.36. The number of carbonyl (C=O) groups is 1. The van der Waals surface area contributed by atoms with Gasteiger partial charge in [0.05, 0.1) is 15.7 Å². The van der Waals surface area contributed by atoms with E-state index in [4.69, 9.17) is 37.4 Å². The zero-order valence-electron chi connectivity index (χ0n) is 18.2. The minimum atomic E-state index is -0.486. The van der Waals surface area contributed by atoms with Gasteiger partial charge >= 0.3 is 6.09 Å². The molecular weight excluding hydrogens is 489 g/mol. The van der Waals surface area contributed by atoms with Crippen molar-refractivity contribution in [2.45, 2.75) is 12.8 Å². The Labute approximate surface area is 210 Å². The molecular formula is C23H28Cl3N3O4. The van der Waals surface area contributed by atoms with Gasteiger partial charge in [0, 0.05) is 32.7 Å². The van der Waals surface area contributed by atoms with Crippen LogP contribution < -0.4 is 24.4 Å². The summed E-state index contributed by atoms with van der Waals surface area (Å²) in [7, 11) is 0. The summed E-state index contributed by atoms with van der Waals surface area (Å²) in [4.78, 5) is 16.8. The van der Waals surface area contributed by atoms with Crippen LogP contribution in [0.15, 0.2) is 36.4 Å². The lowest BCUT2D eigenvalue weighted by molar-refractivity contribution is 0.161. The number of rotatable bonds is 7. The maximum absolute atomic E-state index is 12.1. The highest BCUT2D eigenvalue weighted by molar-refractivity contribution is 6.43. The van der Waals surface area contributed by atoms with E-state index in [1.165, 1.54) is 0 Å². The number of unbranched alkanes of at least 4 members (excludes halogenated alkanes) is 1. The van der Waals surface area contributed by atoms with E-state index in [1.807, 2.05) is 18.2 Å². The van der Waals surface area contributed by atoms with E-state index in [1.54, 1.807) is 18.2 Å². The van der Waals surface area contributed by atoms with Crippen molar-refractivity contribution in [2.24, 2.45) is 0 Å². The number of benzene rings is 2. The van der Waals surface area contributed by atoms with Crippen LogP contribution in [0.2, 0.25) is 10.0 Å². The summed E-state index contributed by atoms with van der Waals surface area (Å²) < 4.78 is 16.5. The number of halogens is 3. The first-order valence-electron chi connectivity index (χ1n) is 10.9. The largest absolute Gasteiger partial charge is 0.486 e. The molecule has 2 aliphatic heterocycles. The molecule has 0 spiro atoms. The average Bonchev–Trinajstić information content (AvgIpc) is 2.81. The quantitative estimate of drug-likeness (QED) is 0.530. The van der Waals surface area contributed by atoms with Crippen LogP contribution in [0.3, 0.4) is 0 Å². The molecule has 33 heavy (non-hydrogen) atoms. The van der Waals surface area contributed by atoms with Gasteiger partial charge in [-0.1, -0.05) is 35.3 Å². The van der Waals surface area contributed by atoms with Crippen molar-refractivity contribution in [1.29, 1.82) is 0 Å². The van der Waals surface area contributed by atoms with Gasteiger partial charge in [-0.2, -0.15) is 0 Å². The zero-order chi connectivity index (χ0) is 22.3. The molecule has 0 aliphatic carbocycles. The van der Waals surface area contributed by atoms with Gasteiger partial charge in [-0.05, 0) is 43.7 Å². The first-order valence-corrected chi connectivity index (χ1v) is 11.6. The van der Waals surface area contributed by atoms with Crippen molar-refractivity contribution in [3.63, 3.8) is 0 Å². The SMILES string of the molecule is Cl.O=C(NCCCCN1CCN(c2cccc(Cl)c2Cl)CC1)Oc1cccc2c1OCCO2. The molecule has 180 valence electrons. The van der Waals surface area contributed by atoms with Gasteiger partial charge in [0.15, 0.2) is 11.5 Å². The number of hydrogen-bond donors (Lipinski definition) is 1. The topological polar surface area (TPSA) is 63.3 Å². The molecule has 1 saturated heterocycles. The van der Waals surface area contributed by atoms with Gasteiger partial charge in [-0.3, -0.25) is 4.90 Å². The molecule has 1 fully saturated rings. The normalized spacial score (nSPS) is 15.5. The van der Waals surface area contributed by atoms with E-state index < -0.39 is 6.09 Å². The molecule has 2 aromatic rings. The van der Waals surface area contributed by atoms with Crippen molar-refractivity contribution >= 4 is 47.4 Å². The third kappa shape index (κ3) is 6.73. The molecule has 0 radical (unpaired) electrons. The van der Waals surface area contributed by atoms with E-state index in [0.29, 0.717) is 47.1 Å². The van der Waals surface area contributed by atoms with Crippen LogP contribution in [0, 0.1) is 0 Å². The van der Waals surface area contributed by atoms with Gasteiger partial charge < -0.3 is 24.4 Å². The number of piperazine rings is 1. The molecule has 1 amide bonds. The Balaban J connectivity index is 0.00000306. The van der Waals surface area contributed by atoms with Crippen LogP contribution in [-0.2, 0) is 0 Å². The maximum atomic E-state index is 12.1. The lowest BCUT2D eigenvalue weighted by atomic mass is 10.2. The summed E-state index contributed by atoms with van der Waals surface area (Å²) in [5.74, 6) is 1.45. The molecule has 4 rings (SSSR count). The molecule has 10 heteroatoms. The van der Waals surface area contributed by atoms with E-state index in [0.717, 1.165) is 51.3 Å². The van der Waals surface area contributed by atoms with Gasteiger partial charge in [-0.15, -0.1) is 12.4 Å². The number of ether oxygens (including phenoxy) is 3. The first kappa shape index (κ1) is 25.6. The minimum Gasteiger partial charge on any atom is -0.486 e. The van der Waals surface area contributed by atoms with Crippen molar-refractivity contribution < 1.29 is 19.0 Å². The molecule has 0 atom stereocenters. The van der Waals surface area contributed by atoms with Crippen LogP contribution in [0.25, 0.3) is 0 Å². The van der Waals surface area contributed by atoms with E-state index in [9.17, 15) is 4.79 Å². The molecule has 2 aliphatic rings. The average molecular weight is 517 g/mol. The molecule has 7 nitrogen and oxygen atoms in total. The van der Waals surface area contributed by atoms with Crippen molar-refractivity contribution in [3.8, 4) is 17.2 Å². The van der Waals surface area contributed by atoms with E-state index >= 15 is 0 Å². The fourth-order valence-corrected chi connectivity index (χ4v) is 4.28. The predicted octanol–water partition coefficient (Wildman–Crippen LogP) is 4.88. The number of carbonyl (C=O) groups excluding carboxylic acids is 1. The van der Waals surface area contributed by atoms with Crippen molar-refractivity contribution in [1.82, 2.24) is 10.2 Å². The third-order valence-corrected chi connectivity index (χ3v) is 6.36. The number of nitrogens with one attached hydrogen (secondary N) is 1. The van der Waals surface area contributed by atoms with Crippen LogP contribution in [0.4, 0.5) is 10.5 Å². The monoisotopic (exact) mass is 515 g/mol. The summed E-state index contributed by atoms with van der Waals surface area (Å²) >= 11 is 12.5. The second kappa shape index (κ2) is 12.4. The Morgan fingerprint density at radius 2 is 1.76 bits per heavy atom. The van der Waals surface area contributed by atoms with Crippen molar-refractivity contribution in [3.05, 3.63) is 46.4 Å². The van der Waals surface area contributed by atoms with Gasteiger partial charge in [-0.25, -0.2) is 4.79 Å². The summed E-state index contributed by atoms with van der Waals surface area (Å²) in [6.07, 6.45) is 1.39. The van der Waals surface area contributed by atoms with Crippen LogP contribution >= 0.6 is 35.6 Å². The Hall–Kier alpha value is -2.06. The van der Waals surface area contributed by atoms with E-state index in [-0.39, 0.29) is 12.4 Å². The highest BCUT2D eigenvalue weighted by Crippen LogP contribution is 2.39. The molecule has 0 unspecified atom stereocenters. The summed E-state index contributed by atoms with van der Waals surface area (Å²) in [5, 5.41) is 4.01. The van der Waals surface area contributed by atoms with Crippen molar-refractivity contribution in [2.75, 3.05) is 57.4 Å².